The molecule has 2 aromatic carbocycles. The number of non-ortho nitro benzene ring substituents is 1. The number of nitro groups is 1. The maximum atomic E-state index is 10.8. The zero-order chi connectivity index (χ0) is 17.6. The molecule has 0 saturated carbocycles. The summed E-state index contributed by atoms with van der Waals surface area (Å²) in [7, 11) is 0. The highest BCUT2D eigenvalue weighted by Crippen LogP contribution is 2.27. The molecule has 1 aliphatic rings. The number of thiocarbonyl (C=S) groups is 1. The number of rotatable bonds is 6. The van der Waals surface area contributed by atoms with E-state index in [4.69, 9.17) is 17.2 Å². The van der Waals surface area contributed by atoms with E-state index >= 15 is 0 Å². The molecule has 126 valence electrons. The third-order valence-corrected chi connectivity index (χ3v) is 5.18. The Kier molecular flexibility index (Phi) is 5.71. The van der Waals surface area contributed by atoms with Crippen LogP contribution in [0.5, 0.6) is 0 Å². The second-order valence-electron chi connectivity index (χ2n) is 5.59. The minimum atomic E-state index is -0.402. The first kappa shape index (κ1) is 17.5. The maximum absolute atomic E-state index is 10.8. The Morgan fingerprint density at radius 1 is 1.28 bits per heavy atom. The van der Waals surface area contributed by atoms with Gasteiger partial charge in [0.05, 0.1) is 27.2 Å². The lowest BCUT2D eigenvalue weighted by Crippen LogP contribution is -2.25. The van der Waals surface area contributed by atoms with Gasteiger partial charge in [-0.3, -0.25) is 15.1 Å². The summed E-state index contributed by atoms with van der Waals surface area (Å²) in [5.74, 6) is 0.836. The monoisotopic (exact) mass is 369 g/mol. The average molecular weight is 369 g/mol. The normalized spacial score (nSPS) is 17.4. The van der Waals surface area contributed by atoms with E-state index in [1.54, 1.807) is 23.9 Å². The quantitative estimate of drug-likeness (QED) is 0.332. The number of thioether (sulfide) groups is 1. The van der Waals surface area contributed by atoms with E-state index in [2.05, 4.69) is 10.2 Å². The Morgan fingerprint density at radius 3 is 2.64 bits per heavy atom. The SMILES string of the molecule is O=[N+]([O-])c1ccc(C[C@H](N=C=S)C2CSC(c3ccccc3)=N2)cc1. The lowest BCUT2D eigenvalue weighted by atomic mass is 10.0. The van der Waals surface area contributed by atoms with E-state index in [0.29, 0.717) is 6.42 Å². The fraction of sp³-hybridized carbons (Fsp3) is 0.222. The van der Waals surface area contributed by atoms with Gasteiger partial charge in [-0.2, -0.15) is 0 Å². The van der Waals surface area contributed by atoms with Crippen LogP contribution in [-0.4, -0.2) is 33.0 Å². The molecule has 0 bridgehead atoms. The molecular formula is C18H15N3O2S2. The van der Waals surface area contributed by atoms with Crippen molar-refractivity contribution in [2.24, 2.45) is 9.98 Å². The lowest BCUT2D eigenvalue weighted by Gasteiger charge is -2.15. The fourth-order valence-electron chi connectivity index (χ4n) is 2.66. The van der Waals surface area contributed by atoms with E-state index in [0.717, 1.165) is 21.9 Å². The minimum absolute atomic E-state index is 0.0193. The highest BCUT2D eigenvalue weighted by molar-refractivity contribution is 8.14. The van der Waals surface area contributed by atoms with Crippen LogP contribution >= 0.6 is 24.0 Å². The Labute approximate surface area is 155 Å². The molecular weight excluding hydrogens is 354 g/mol. The molecule has 2 atom stereocenters. The molecule has 0 aromatic heterocycles. The van der Waals surface area contributed by atoms with Crippen LogP contribution in [0.2, 0.25) is 0 Å². The van der Waals surface area contributed by atoms with Gasteiger partial charge in [0, 0.05) is 23.4 Å². The van der Waals surface area contributed by atoms with E-state index in [1.807, 2.05) is 30.3 Å². The van der Waals surface area contributed by atoms with Crippen LogP contribution in [0.4, 0.5) is 5.69 Å². The van der Waals surface area contributed by atoms with E-state index in [1.165, 1.54) is 12.1 Å². The highest BCUT2D eigenvalue weighted by atomic mass is 32.2. The molecule has 0 amide bonds. The Hall–Kier alpha value is -2.34. The number of nitro benzene ring substituents is 1. The number of hydrogen-bond donors (Lipinski definition) is 0. The van der Waals surface area contributed by atoms with Gasteiger partial charge < -0.3 is 0 Å². The van der Waals surface area contributed by atoms with Crippen molar-refractivity contribution in [3.8, 4) is 0 Å². The molecule has 5 nitrogen and oxygen atoms in total. The molecule has 7 heteroatoms. The van der Waals surface area contributed by atoms with E-state index in [-0.39, 0.29) is 17.8 Å². The van der Waals surface area contributed by atoms with E-state index < -0.39 is 4.92 Å². The molecule has 1 aliphatic heterocycles. The summed E-state index contributed by atoms with van der Waals surface area (Å²) < 4.78 is 0. The van der Waals surface area contributed by atoms with Gasteiger partial charge in [0.1, 0.15) is 0 Å². The van der Waals surface area contributed by atoms with Crippen molar-refractivity contribution in [1.82, 2.24) is 0 Å². The highest BCUT2D eigenvalue weighted by Gasteiger charge is 2.27. The number of aliphatic imine (C=N–C) groups is 2. The van der Waals surface area contributed by atoms with Gasteiger partial charge in [-0.05, 0) is 24.2 Å². The minimum Gasteiger partial charge on any atom is -0.271 e. The predicted molar refractivity (Wildman–Crippen MR) is 105 cm³/mol. The summed E-state index contributed by atoms with van der Waals surface area (Å²) in [6.45, 7) is 0. The number of isothiocyanates is 1. The molecule has 0 saturated heterocycles. The third kappa shape index (κ3) is 4.39. The van der Waals surface area contributed by atoms with Gasteiger partial charge in [0.2, 0.25) is 0 Å². The molecule has 0 radical (unpaired) electrons. The largest absolute Gasteiger partial charge is 0.271 e. The van der Waals surface area contributed by atoms with Crippen molar-refractivity contribution in [2.45, 2.75) is 18.5 Å². The van der Waals surface area contributed by atoms with Crippen LogP contribution in [-0.2, 0) is 6.42 Å². The first-order valence-electron chi connectivity index (χ1n) is 7.73. The maximum Gasteiger partial charge on any atom is 0.269 e. The van der Waals surface area contributed by atoms with Crippen molar-refractivity contribution in [1.29, 1.82) is 0 Å². The van der Waals surface area contributed by atoms with Gasteiger partial charge in [-0.25, -0.2) is 4.99 Å². The van der Waals surface area contributed by atoms with Crippen LogP contribution in [0.25, 0.3) is 0 Å². The number of nitrogens with zero attached hydrogens (tertiary/aromatic N) is 3. The van der Waals surface area contributed by atoms with Gasteiger partial charge in [0.15, 0.2) is 0 Å². The topological polar surface area (TPSA) is 67.9 Å². The third-order valence-electron chi connectivity index (χ3n) is 3.95. The van der Waals surface area contributed by atoms with Gasteiger partial charge in [-0.15, -0.1) is 11.8 Å². The average Bonchev–Trinajstić information content (AvgIpc) is 3.13. The molecule has 3 rings (SSSR count). The molecule has 0 spiro atoms. The summed E-state index contributed by atoms with van der Waals surface area (Å²) in [6.07, 6.45) is 0.623. The van der Waals surface area contributed by atoms with Crippen molar-refractivity contribution in [3.05, 3.63) is 75.8 Å². The lowest BCUT2D eigenvalue weighted by molar-refractivity contribution is -0.384. The first-order chi connectivity index (χ1) is 12.2. The van der Waals surface area contributed by atoms with Crippen molar-refractivity contribution < 1.29 is 4.92 Å². The smallest absolute Gasteiger partial charge is 0.269 e. The molecule has 2 aromatic rings. The number of hydrogen-bond acceptors (Lipinski definition) is 6. The van der Waals surface area contributed by atoms with Crippen LogP contribution in [0.3, 0.4) is 0 Å². The predicted octanol–water partition coefficient (Wildman–Crippen LogP) is 4.17. The Morgan fingerprint density at radius 2 is 2.00 bits per heavy atom. The first-order valence-corrected chi connectivity index (χ1v) is 9.13. The van der Waals surface area contributed by atoms with Crippen molar-refractivity contribution in [2.75, 3.05) is 5.75 Å². The van der Waals surface area contributed by atoms with Crippen molar-refractivity contribution in [3.63, 3.8) is 0 Å². The molecule has 0 N–H and O–H groups in total. The zero-order valence-electron chi connectivity index (χ0n) is 13.2. The summed E-state index contributed by atoms with van der Waals surface area (Å²) in [6, 6.07) is 16.5. The summed E-state index contributed by atoms with van der Waals surface area (Å²) in [4.78, 5) is 19.5. The molecule has 1 unspecified atom stereocenters. The van der Waals surface area contributed by atoms with Gasteiger partial charge >= 0.3 is 0 Å². The zero-order valence-corrected chi connectivity index (χ0v) is 14.9. The second kappa shape index (κ2) is 8.16. The van der Waals surface area contributed by atoms with Gasteiger partial charge in [0.25, 0.3) is 5.69 Å². The molecule has 25 heavy (non-hydrogen) atoms. The van der Waals surface area contributed by atoms with Crippen LogP contribution < -0.4 is 0 Å². The van der Waals surface area contributed by atoms with Gasteiger partial charge in [-0.1, -0.05) is 42.5 Å². The van der Waals surface area contributed by atoms with E-state index in [9.17, 15) is 10.1 Å². The Balaban J connectivity index is 1.76. The summed E-state index contributed by atoms with van der Waals surface area (Å²) in [5, 5.41) is 14.2. The standard InChI is InChI=1S/C18H15N3O2S2/c22-21(23)15-8-6-13(7-9-15)10-16(19-12-24)17-11-25-18(20-17)14-4-2-1-3-5-14/h1-9,16-17H,10-11H2/t16-,17?/m0/s1. The Bertz CT molecular complexity index is 831. The summed E-state index contributed by atoms with van der Waals surface area (Å²) >= 11 is 6.51. The number of benzene rings is 2. The van der Waals surface area contributed by atoms with Crippen molar-refractivity contribution >= 4 is 39.9 Å². The summed E-state index contributed by atoms with van der Waals surface area (Å²) in [5.41, 5.74) is 2.16. The van der Waals surface area contributed by atoms with Crippen LogP contribution in [0.1, 0.15) is 11.1 Å². The fourth-order valence-corrected chi connectivity index (χ4v) is 3.93. The van der Waals surface area contributed by atoms with Crippen LogP contribution in [0, 0.1) is 10.1 Å². The molecule has 0 aliphatic carbocycles. The van der Waals surface area contributed by atoms with Crippen LogP contribution in [0.15, 0.2) is 64.6 Å². The molecule has 0 fully saturated rings. The second-order valence-corrected chi connectivity index (χ2v) is 6.79. The molecule has 1 heterocycles.